The number of benzene rings is 1. The molecule has 1 atom stereocenters. The molecule has 0 amide bonds. The van der Waals surface area contributed by atoms with E-state index in [0.29, 0.717) is 6.61 Å². The van der Waals surface area contributed by atoms with Crippen LogP contribution in [0.3, 0.4) is 0 Å². The Balaban J connectivity index is 2.27. The van der Waals surface area contributed by atoms with Gasteiger partial charge in [-0.25, -0.2) is 0 Å². The number of ether oxygens (including phenoxy) is 1. The molecule has 1 fully saturated rings. The van der Waals surface area contributed by atoms with Crippen LogP contribution in [0.5, 0.6) is 0 Å². The summed E-state index contributed by atoms with van der Waals surface area (Å²) in [6, 6.07) is 6.03. The van der Waals surface area contributed by atoms with E-state index in [0.717, 1.165) is 29.0 Å². The van der Waals surface area contributed by atoms with Crippen LogP contribution in [0.15, 0.2) is 18.2 Å². The van der Waals surface area contributed by atoms with Crippen molar-refractivity contribution in [3.05, 3.63) is 34.3 Å². The molecule has 0 bridgehead atoms. The Kier molecular flexibility index (Phi) is 4.88. The van der Waals surface area contributed by atoms with Crippen molar-refractivity contribution in [3.63, 3.8) is 0 Å². The fraction of sp³-hybridized carbons (Fsp3) is 0.625. The minimum atomic E-state index is -0.203. The normalized spacial score (nSPS) is 20.2. The third kappa shape index (κ3) is 3.13. The number of hydrogen-bond donors (Lipinski definition) is 1. The van der Waals surface area contributed by atoms with Crippen molar-refractivity contribution in [3.8, 4) is 0 Å². The summed E-state index contributed by atoms with van der Waals surface area (Å²) in [6.07, 6.45) is 5.79. The first kappa shape index (κ1) is 14.8. The SMILES string of the molecule is CCOC1(C(N)c2ccc(C)c(Cl)c2)CCCCC1. The molecule has 3 heteroatoms. The molecule has 0 radical (unpaired) electrons. The van der Waals surface area contributed by atoms with Gasteiger partial charge in [0.25, 0.3) is 0 Å². The number of hydrogen-bond acceptors (Lipinski definition) is 2. The second kappa shape index (κ2) is 6.25. The second-order valence-electron chi connectivity index (χ2n) is 5.54. The highest BCUT2D eigenvalue weighted by molar-refractivity contribution is 6.31. The Morgan fingerprint density at radius 3 is 2.58 bits per heavy atom. The Morgan fingerprint density at radius 2 is 2.00 bits per heavy atom. The van der Waals surface area contributed by atoms with E-state index in [1.54, 1.807) is 0 Å². The quantitative estimate of drug-likeness (QED) is 0.888. The highest BCUT2D eigenvalue weighted by Crippen LogP contribution is 2.40. The zero-order valence-corrected chi connectivity index (χ0v) is 12.7. The standard InChI is InChI=1S/C16H24ClNO/c1-3-19-16(9-5-4-6-10-16)15(18)13-8-7-12(2)14(17)11-13/h7-8,11,15H,3-6,9-10,18H2,1-2H3. The van der Waals surface area contributed by atoms with Gasteiger partial charge in [-0.3, -0.25) is 0 Å². The topological polar surface area (TPSA) is 35.2 Å². The van der Waals surface area contributed by atoms with E-state index >= 15 is 0 Å². The first-order valence-corrected chi connectivity index (χ1v) is 7.62. The van der Waals surface area contributed by atoms with Gasteiger partial charge in [0.1, 0.15) is 0 Å². The summed E-state index contributed by atoms with van der Waals surface area (Å²) in [5.41, 5.74) is 8.50. The maximum absolute atomic E-state index is 6.53. The zero-order valence-electron chi connectivity index (χ0n) is 11.9. The lowest BCUT2D eigenvalue weighted by Gasteiger charge is -2.42. The number of aryl methyl sites for hydroxylation is 1. The van der Waals surface area contributed by atoms with E-state index in [2.05, 4.69) is 6.07 Å². The molecule has 0 saturated heterocycles. The Labute approximate surface area is 121 Å². The lowest BCUT2D eigenvalue weighted by molar-refractivity contribution is -0.0830. The second-order valence-corrected chi connectivity index (χ2v) is 5.95. The molecule has 1 unspecified atom stereocenters. The van der Waals surface area contributed by atoms with Crippen molar-refractivity contribution in [2.75, 3.05) is 6.61 Å². The Hall–Kier alpha value is -0.570. The molecule has 1 saturated carbocycles. The molecule has 0 heterocycles. The van der Waals surface area contributed by atoms with E-state index in [4.69, 9.17) is 22.1 Å². The third-order valence-corrected chi connectivity index (χ3v) is 4.66. The van der Waals surface area contributed by atoms with Crippen LogP contribution in [0.2, 0.25) is 5.02 Å². The van der Waals surface area contributed by atoms with Gasteiger partial charge in [0.15, 0.2) is 0 Å². The van der Waals surface area contributed by atoms with Crippen molar-refractivity contribution in [1.29, 1.82) is 0 Å². The average Bonchev–Trinajstić information content (AvgIpc) is 2.42. The van der Waals surface area contributed by atoms with Crippen LogP contribution < -0.4 is 5.73 Å². The molecule has 0 aliphatic heterocycles. The predicted molar refractivity (Wildman–Crippen MR) is 80.6 cm³/mol. The predicted octanol–water partition coefficient (Wildman–Crippen LogP) is 4.39. The summed E-state index contributed by atoms with van der Waals surface area (Å²) >= 11 is 6.22. The number of nitrogens with two attached hydrogens (primary N) is 1. The molecule has 19 heavy (non-hydrogen) atoms. The summed E-state index contributed by atoms with van der Waals surface area (Å²) in [6.45, 7) is 4.77. The van der Waals surface area contributed by atoms with Crippen LogP contribution in [0.1, 0.15) is 56.2 Å². The minimum absolute atomic E-state index is 0.0918. The molecule has 2 N–H and O–H groups in total. The summed E-state index contributed by atoms with van der Waals surface area (Å²) in [4.78, 5) is 0. The largest absolute Gasteiger partial charge is 0.373 e. The molecule has 106 valence electrons. The van der Waals surface area contributed by atoms with Crippen LogP contribution in [0, 0.1) is 6.92 Å². The van der Waals surface area contributed by atoms with Crippen LogP contribution in [-0.2, 0) is 4.74 Å². The Morgan fingerprint density at radius 1 is 1.32 bits per heavy atom. The van der Waals surface area contributed by atoms with E-state index in [1.165, 1.54) is 19.3 Å². The third-order valence-electron chi connectivity index (χ3n) is 4.25. The van der Waals surface area contributed by atoms with Crippen LogP contribution in [-0.4, -0.2) is 12.2 Å². The highest BCUT2D eigenvalue weighted by Gasteiger charge is 2.39. The first-order chi connectivity index (χ1) is 9.09. The van der Waals surface area contributed by atoms with Gasteiger partial charge in [0.05, 0.1) is 11.6 Å². The van der Waals surface area contributed by atoms with Gasteiger partial charge in [-0.1, -0.05) is 43.0 Å². The van der Waals surface area contributed by atoms with E-state index < -0.39 is 0 Å². The van der Waals surface area contributed by atoms with E-state index in [1.807, 2.05) is 26.0 Å². The fourth-order valence-electron chi connectivity index (χ4n) is 3.09. The molecule has 0 aromatic heterocycles. The summed E-state index contributed by atoms with van der Waals surface area (Å²) in [5.74, 6) is 0. The van der Waals surface area contributed by atoms with Crippen LogP contribution in [0.4, 0.5) is 0 Å². The molecule has 1 aromatic rings. The molecular formula is C16H24ClNO. The highest BCUT2D eigenvalue weighted by atomic mass is 35.5. The van der Waals surface area contributed by atoms with Gasteiger partial charge in [-0.15, -0.1) is 0 Å². The zero-order chi connectivity index (χ0) is 13.9. The van der Waals surface area contributed by atoms with E-state index in [9.17, 15) is 0 Å². The van der Waals surface area contributed by atoms with Crippen molar-refractivity contribution < 1.29 is 4.74 Å². The molecule has 2 rings (SSSR count). The molecule has 2 nitrogen and oxygen atoms in total. The molecule has 1 aromatic carbocycles. The molecular weight excluding hydrogens is 258 g/mol. The Bertz CT molecular complexity index is 421. The van der Waals surface area contributed by atoms with Gasteiger partial charge in [0, 0.05) is 11.6 Å². The average molecular weight is 282 g/mol. The van der Waals surface area contributed by atoms with Gasteiger partial charge in [-0.05, 0) is 43.9 Å². The minimum Gasteiger partial charge on any atom is -0.373 e. The van der Waals surface area contributed by atoms with Crippen molar-refractivity contribution in [1.82, 2.24) is 0 Å². The summed E-state index contributed by atoms with van der Waals surface area (Å²) < 4.78 is 6.09. The summed E-state index contributed by atoms with van der Waals surface area (Å²) in [5, 5.41) is 0.787. The van der Waals surface area contributed by atoms with Gasteiger partial charge >= 0.3 is 0 Å². The van der Waals surface area contributed by atoms with Gasteiger partial charge in [0.2, 0.25) is 0 Å². The summed E-state index contributed by atoms with van der Waals surface area (Å²) in [7, 11) is 0. The maximum atomic E-state index is 6.53. The van der Waals surface area contributed by atoms with Crippen LogP contribution >= 0.6 is 11.6 Å². The molecule has 1 aliphatic rings. The number of halogens is 1. The van der Waals surface area contributed by atoms with E-state index in [-0.39, 0.29) is 11.6 Å². The van der Waals surface area contributed by atoms with Crippen LogP contribution in [0.25, 0.3) is 0 Å². The van der Waals surface area contributed by atoms with Crippen molar-refractivity contribution >= 4 is 11.6 Å². The maximum Gasteiger partial charge on any atom is 0.0874 e. The van der Waals surface area contributed by atoms with Gasteiger partial charge < -0.3 is 10.5 Å². The lowest BCUT2D eigenvalue weighted by Crippen LogP contribution is -2.45. The first-order valence-electron chi connectivity index (χ1n) is 7.24. The van der Waals surface area contributed by atoms with Gasteiger partial charge in [-0.2, -0.15) is 0 Å². The smallest absolute Gasteiger partial charge is 0.0874 e. The fourth-order valence-corrected chi connectivity index (χ4v) is 3.28. The lowest BCUT2D eigenvalue weighted by atomic mass is 9.77. The van der Waals surface area contributed by atoms with Crippen molar-refractivity contribution in [2.24, 2.45) is 5.73 Å². The molecule has 0 spiro atoms. The van der Waals surface area contributed by atoms with Crippen molar-refractivity contribution in [2.45, 2.75) is 57.6 Å². The monoisotopic (exact) mass is 281 g/mol. The number of rotatable bonds is 4. The molecule has 1 aliphatic carbocycles.